The Balaban J connectivity index is 2.67. The number of piperazine rings is 1. The van der Waals surface area contributed by atoms with Crippen LogP contribution in [0.2, 0.25) is 0 Å². The molecular weight excluding hydrogens is 168 g/mol. The predicted octanol–water partition coefficient (Wildman–Crippen LogP) is 0.0855. The Morgan fingerprint density at radius 3 is 2.31 bits per heavy atom. The van der Waals surface area contributed by atoms with E-state index in [2.05, 4.69) is 0 Å². The van der Waals surface area contributed by atoms with Gasteiger partial charge in [0.1, 0.15) is 6.54 Å². The number of hydrogen-bond donors (Lipinski definition) is 0. The quantitative estimate of drug-likeness (QED) is 0.610. The average molecular weight is 184 g/mol. The first-order chi connectivity index (χ1) is 6.06. The minimum Gasteiger partial charge on any atom is -0.332 e. The molecule has 1 rings (SSSR count). The lowest BCUT2D eigenvalue weighted by Crippen LogP contribution is -2.55. The molecule has 0 atom stereocenters. The fourth-order valence-electron chi connectivity index (χ4n) is 1.43. The van der Waals surface area contributed by atoms with Crippen LogP contribution in [0.4, 0.5) is 0 Å². The maximum atomic E-state index is 11.5. The molecule has 0 N–H and O–H groups in total. The van der Waals surface area contributed by atoms with Gasteiger partial charge in [0, 0.05) is 12.6 Å². The summed E-state index contributed by atoms with van der Waals surface area (Å²) in [6.07, 6.45) is 0. The summed E-state index contributed by atoms with van der Waals surface area (Å²) in [5.74, 6) is 0.104. The lowest BCUT2D eigenvalue weighted by atomic mass is 10.2. The summed E-state index contributed by atoms with van der Waals surface area (Å²) >= 11 is 0. The van der Waals surface area contributed by atoms with Gasteiger partial charge in [0.05, 0.1) is 6.54 Å². The first-order valence-electron chi connectivity index (χ1n) is 4.63. The number of hydrogen-bond acceptors (Lipinski definition) is 2. The SMILES string of the molecule is CCN1CC(=O)N(C(C)C)CC1=O. The van der Waals surface area contributed by atoms with Gasteiger partial charge in [0.15, 0.2) is 0 Å². The molecule has 0 aromatic rings. The highest BCUT2D eigenvalue weighted by Gasteiger charge is 2.29. The number of likely N-dealkylation sites (N-methyl/N-ethyl adjacent to an activating group) is 1. The number of amides is 2. The molecule has 0 unspecified atom stereocenters. The molecule has 4 heteroatoms. The fourth-order valence-corrected chi connectivity index (χ4v) is 1.43. The second-order valence-corrected chi connectivity index (χ2v) is 3.52. The van der Waals surface area contributed by atoms with Gasteiger partial charge in [-0.3, -0.25) is 9.59 Å². The molecule has 2 amide bonds. The van der Waals surface area contributed by atoms with Crippen LogP contribution < -0.4 is 0 Å². The molecule has 0 aromatic carbocycles. The monoisotopic (exact) mass is 184 g/mol. The number of carbonyl (C=O) groups is 2. The molecule has 1 fully saturated rings. The van der Waals surface area contributed by atoms with Crippen LogP contribution in [-0.4, -0.2) is 47.3 Å². The van der Waals surface area contributed by atoms with Crippen molar-refractivity contribution in [2.24, 2.45) is 0 Å². The van der Waals surface area contributed by atoms with Gasteiger partial charge in [0.25, 0.3) is 0 Å². The van der Waals surface area contributed by atoms with Crippen molar-refractivity contribution in [1.82, 2.24) is 9.80 Å². The average Bonchev–Trinajstić information content (AvgIpc) is 2.07. The molecule has 74 valence electrons. The van der Waals surface area contributed by atoms with Crippen molar-refractivity contribution in [1.29, 1.82) is 0 Å². The highest BCUT2D eigenvalue weighted by molar-refractivity contribution is 5.92. The van der Waals surface area contributed by atoms with Crippen LogP contribution in [0.1, 0.15) is 20.8 Å². The van der Waals surface area contributed by atoms with Crippen LogP contribution in [0.25, 0.3) is 0 Å². The van der Waals surface area contributed by atoms with Crippen molar-refractivity contribution in [2.45, 2.75) is 26.8 Å². The summed E-state index contributed by atoms with van der Waals surface area (Å²) in [6, 6.07) is 0.121. The van der Waals surface area contributed by atoms with E-state index in [1.165, 1.54) is 0 Å². The van der Waals surface area contributed by atoms with Gasteiger partial charge in [-0.2, -0.15) is 0 Å². The molecule has 1 heterocycles. The minimum atomic E-state index is 0.0517. The maximum absolute atomic E-state index is 11.5. The van der Waals surface area contributed by atoms with E-state index in [4.69, 9.17) is 0 Å². The summed E-state index contributed by atoms with van der Waals surface area (Å²) in [5, 5.41) is 0. The van der Waals surface area contributed by atoms with Gasteiger partial charge >= 0.3 is 0 Å². The third-order valence-electron chi connectivity index (χ3n) is 2.31. The van der Waals surface area contributed by atoms with Crippen molar-refractivity contribution in [3.05, 3.63) is 0 Å². The summed E-state index contributed by atoms with van der Waals surface area (Å²) in [4.78, 5) is 26.1. The molecule has 0 radical (unpaired) electrons. The van der Waals surface area contributed by atoms with Crippen LogP contribution >= 0.6 is 0 Å². The van der Waals surface area contributed by atoms with E-state index in [1.807, 2.05) is 20.8 Å². The van der Waals surface area contributed by atoms with E-state index in [0.717, 1.165) is 0 Å². The fraction of sp³-hybridized carbons (Fsp3) is 0.778. The van der Waals surface area contributed by atoms with Crippen molar-refractivity contribution in [3.63, 3.8) is 0 Å². The van der Waals surface area contributed by atoms with Crippen LogP contribution in [0.5, 0.6) is 0 Å². The predicted molar refractivity (Wildman–Crippen MR) is 49.1 cm³/mol. The minimum absolute atomic E-state index is 0.0517. The third kappa shape index (κ3) is 1.99. The van der Waals surface area contributed by atoms with E-state index in [1.54, 1.807) is 9.80 Å². The van der Waals surface area contributed by atoms with Crippen molar-refractivity contribution in [2.75, 3.05) is 19.6 Å². The van der Waals surface area contributed by atoms with Gasteiger partial charge in [-0.25, -0.2) is 0 Å². The van der Waals surface area contributed by atoms with Crippen LogP contribution in [-0.2, 0) is 9.59 Å². The standard InChI is InChI=1S/C9H16N2O2/c1-4-10-5-9(13)11(7(2)3)6-8(10)12/h7H,4-6H2,1-3H3. The summed E-state index contributed by atoms with van der Waals surface area (Å²) in [5.41, 5.74) is 0. The molecule has 1 aliphatic heterocycles. The van der Waals surface area contributed by atoms with E-state index in [9.17, 15) is 9.59 Å². The molecule has 0 aliphatic carbocycles. The van der Waals surface area contributed by atoms with Gasteiger partial charge in [-0.15, -0.1) is 0 Å². The van der Waals surface area contributed by atoms with Crippen molar-refractivity contribution in [3.8, 4) is 0 Å². The topological polar surface area (TPSA) is 40.6 Å². The second-order valence-electron chi connectivity index (χ2n) is 3.52. The Labute approximate surface area is 78.5 Å². The molecule has 1 saturated heterocycles. The zero-order valence-corrected chi connectivity index (χ0v) is 8.41. The molecule has 0 aromatic heterocycles. The highest BCUT2D eigenvalue weighted by Crippen LogP contribution is 2.07. The molecule has 4 nitrogen and oxygen atoms in total. The first kappa shape index (κ1) is 10.0. The third-order valence-corrected chi connectivity index (χ3v) is 2.31. The Morgan fingerprint density at radius 1 is 1.23 bits per heavy atom. The lowest BCUT2D eigenvalue weighted by molar-refractivity contribution is -0.151. The molecule has 0 bridgehead atoms. The van der Waals surface area contributed by atoms with E-state index in [0.29, 0.717) is 6.54 Å². The smallest absolute Gasteiger partial charge is 0.242 e. The number of nitrogens with zero attached hydrogens (tertiary/aromatic N) is 2. The van der Waals surface area contributed by atoms with Gasteiger partial charge in [-0.05, 0) is 20.8 Å². The summed E-state index contributed by atoms with van der Waals surface area (Å²) in [6.45, 7) is 6.84. The Kier molecular flexibility index (Phi) is 2.90. The van der Waals surface area contributed by atoms with E-state index < -0.39 is 0 Å². The molecule has 1 aliphatic rings. The van der Waals surface area contributed by atoms with Crippen LogP contribution in [0.3, 0.4) is 0 Å². The molecule has 0 spiro atoms. The van der Waals surface area contributed by atoms with Gasteiger partial charge in [-0.1, -0.05) is 0 Å². The largest absolute Gasteiger partial charge is 0.332 e. The second kappa shape index (κ2) is 3.77. The molecular formula is C9H16N2O2. The van der Waals surface area contributed by atoms with Gasteiger partial charge in [0.2, 0.25) is 11.8 Å². The van der Waals surface area contributed by atoms with Crippen molar-refractivity contribution >= 4 is 11.8 Å². The van der Waals surface area contributed by atoms with Crippen LogP contribution in [0.15, 0.2) is 0 Å². The Bertz CT molecular complexity index is 226. The normalized spacial score (nSPS) is 18.8. The number of rotatable bonds is 2. The summed E-state index contributed by atoms with van der Waals surface area (Å²) in [7, 11) is 0. The Hall–Kier alpha value is -1.06. The molecule has 0 saturated carbocycles. The lowest BCUT2D eigenvalue weighted by Gasteiger charge is -2.35. The van der Waals surface area contributed by atoms with Gasteiger partial charge < -0.3 is 9.80 Å². The molecule has 13 heavy (non-hydrogen) atoms. The zero-order chi connectivity index (χ0) is 10.0. The summed E-state index contributed by atoms with van der Waals surface area (Å²) < 4.78 is 0. The maximum Gasteiger partial charge on any atom is 0.242 e. The first-order valence-corrected chi connectivity index (χ1v) is 4.63. The Morgan fingerprint density at radius 2 is 1.85 bits per heavy atom. The van der Waals surface area contributed by atoms with E-state index >= 15 is 0 Å². The zero-order valence-electron chi connectivity index (χ0n) is 8.41. The number of carbonyl (C=O) groups excluding carboxylic acids is 2. The highest BCUT2D eigenvalue weighted by atomic mass is 16.2. The van der Waals surface area contributed by atoms with Crippen molar-refractivity contribution < 1.29 is 9.59 Å². The van der Waals surface area contributed by atoms with Crippen LogP contribution in [0, 0.1) is 0 Å². The van der Waals surface area contributed by atoms with E-state index in [-0.39, 0.29) is 30.9 Å².